The summed E-state index contributed by atoms with van der Waals surface area (Å²) in [5.74, 6) is -11.4. The molecule has 0 amide bonds. The van der Waals surface area contributed by atoms with E-state index < -0.39 is 65.1 Å². The summed E-state index contributed by atoms with van der Waals surface area (Å²) in [4.78, 5) is 22.9. The molecule has 0 bridgehead atoms. The lowest BCUT2D eigenvalue weighted by molar-refractivity contribution is -0.160. The van der Waals surface area contributed by atoms with E-state index in [1.54, 1.807) is 0 Å². The van der Waals surface area contributed by atoms with Gasteiger partial charge in [-0.05, 0) is 0 Å². The number of cyclic esters (lactones) is 1. The van der Waals surface area contributed by atoms with Crippen LogP contribution in [0.2, 0.25) is 0 Å². The predicted molar refractivity (Wildman–Crippen MR) is 73.9 cm³/mol. The van der Waals surface area contributed by atoms with Crippen LogP contribution in [-0.2, 0) is 19.1 Å². The van der Waals surface area contributed by atoms with Crippen LogP contribution in [0.4, 0.5) is 22.0 Å². The number of halogens is 5. The maximum Gasteiger partial charge on any atom is 0.350 e. The third-order valence-corrected chi connectivity index (χ3v) is 3.03. The summed E-state index contributed by atoms with van der Waals surface area (Å²) < 4.78 is 79.8. The van der Waals surface area contributed by atoms with Gasteiger partial charge in [-0.1, -0.05) is 11.8 Å². The van der Waals surface area contributed by atoms with Gasteiger partial charge in [0.1, 0.15) is 0 Å². The van der Waals surface area contributed by atoms with Crippen molar-refractivity contribution >= 4 is 11.9 Å². The Balaban J connectivity index is 1.97. The van der Waals surface area contributed by atoms with E-state index >= 15 is 0 Å². The molecule has 0 aromatic heterocycles. The van der Waals surface area contributed by atoms with Crippen molar-refractivity contribution in [1.29, 1.82) is 0 Å². The van der Waals surface area contributed by atoms with Gasteiger partial charge >= 0.3 is 11.9 Å². The van der Waals surface area contributed by atoms with Crippen molar-refractivity contribution in [1.82, 2.24) is 0 Å². The molecule has 1 fully saturated rings. The van der Waals surface area contributed by atoms with Crippen LogP contribution < -0.4 is 4.74 Å². The van der Waals surface area contributed by atoms with Crippen molar-refractivity contribution in [3.05, 3.63) is 29.1 Å². The van der Waals surface area contributed by atoms with E-state index in [9.17, 15) is 31.5 Å². The summed E-state index contributed by atoms with van der Waals surface area (Å²) in [5, 5.41) is 0. The first kappa shape index (κ1) is 19.7. The summed E-state index contributed by atoms with van der Waals surface area (Å²) in [6.07, 6.45) is -1.91. The Morgan fingerprint density at radius 3 is 2.12 bits per heavy atom. The molecule has 0 N–H and O–H groups in total. The highest BCUT2D eigenvalue weighted by atomic mass is 19.2. The molecule has 1 atom stereocenters. The molecule has 0 spiro atoms. The largest absolute Gasteiger partial charge is 0.431 e. The molecular formula is C16H11F5O5. The van der Waals surface area contributed by atoms with Crippen LogP contribution in [0.1, 0.15) is 26.7 Å². The van der Waals surface area contributed by atoms with E-state index in [-0.39, 0.29) is 6.42 Å². The smallest absolute Gasteiger partial charge is 0.350 e. The van der Waals surface area contributed by atoms with E-state index in [1.165, 1.54) is 13.8 Å². The van der Waals surface area contributed by atoms with Gasteiger partial charge in [0.2, 0.25) is 46.7 Å². The summed E-state index contributed by atoms with van der Waals surface area (Å²) in [5.41, 5.74) is 0. The van der Waals surface area contributed by atoms with E-state index in [0.717, 1.165) is 0 Å². The minimum Gasteiger partial charge on any atom is -0.431 e. The lowest BCUT2D eigenvalue weighted by atomic mass is 10.2. The van der Waals surface area contributed by atoms with Crippen LogP contribution in [0.25, 0.3) is 0 Å². The Bertz CT molecular complexity index is 796. The van der Waals surface area contributed by atoms with Gasteiger partial charge in [0, 0.05) is 20.3 Å². The number of hydrogen-bond acceptors (Lipinski definition) is 5. The zero-order valence-electron chi connectivity index (χ0n) is 13.4. The lowest BCUT2D eigenvalue weighted by Crippen LogP contribution is -2.20. The van der Waals surface area contributed by atoms with Crippen LogP contribution in [0.3, 0.4) is 0 Å². The first-order valence-corrected chi connectivity index (χ1v) is 7.14. The molecule has 0 saturated carbocycles. The van der Waals surface area contributed by atoms with E-state index in [2.05, 4.69) is 16.6 Å². The van der Waals surface area contributed by atoms with Crippen molar-refractivity contribution in [2.75, 3.05) is 0 Å². The highest BCUT2D eigenvalue weighted by molar-refractivity contribution is 5.80. The Labute approximate surface area is 144 Å². The SMILES string of the molecule is CC1(C)OC(=O)[C@H](C#CCCC(=O)Oc2c(F)c(F)c(F)c(F)c2F)O1. The first-order chi connectivity index (χ1) is 12.0. The van der Waals surface area contributed by atoms with Crippen LogP contribution in [0.15, 0.2) is 0 Å². The Kier molecular flexibility index (Phi) is 5.51. The number of ether oxygens (including phenoxy) is 3. The number of carbonyl (C=O) groups is 2. The monoisotopic (exact) mass is 378 g/mol. The third-order valence-electron chi connectivity index (χ3n) is 3.03. The van der Waals surface area contributed by atoms with Gasteiger partial charge in [-0.15, -0.1) is 0 Å². The second kappa shape index (κ2) is 7.29. The van der Waals surface area contributed by atoms with Crippen molar-refractivity contribution in [2.24, 2.45) is 0 Å². The van der Waals surface area contributed by atoms with Crippen molar-refractivity contribution < 1.29 is 45.8 Å². The molecule has 1 saturated heterocycles. The standard InChI is InChI=1S/C16H11F5O5/c1-16(2)25-7(15(23)26-16)5-3-4-6-8(22)24-14-12(20)10(18)9(17)11(19)13(14)21/h7H,4,6H2,1-2H3/t7-/m0/s1. The maximum absolute atomic E-state index is 13.4. The van der Waals surface area contributed by atoms with Gasteiger partial charge < -0.3 is 14.2 Å². The Hall–Kier alpha value is -2.67. The number of benzene rings is 1. The van der Waals surface area contributed by atoms with E-state index in [1.807, 2.05) is 0 Å². The maximum atomic E-state index is 13.4. The second-order valence-electron chi connectivity index (χ2n) is 5.51. The highest BCUT2D eigenvalue weighted by Crippen LogP contribution is 2.29. The fourth-order valence-electron chi connectivity index (χ4n) is 1.91. The normalized spacial score (nSPS) is 18.1. The van der Waals surface area contributed by atoms with Gasteiger partial charge in [0.05, 0.1) is 6.42 Å². The van der Waals surface area contributed by atoms with E-state index in [0.29, 0.717) is 0 Å². The van der Waals surface area contributed by atoms with Crippen molar-refractivity contribution in [3.8, 4) is 17.6 Å². The molecule has 5 nitrogen and oxygen atoms in total. The van der Waals surface area contributed by atoms with Gasteiger partial charge in [-0.25, -0.2) is 18.0 Å². The summed E-state index contributed by atoms with van der Waals surface area (Å²) in [6.45, 7) is 2.99. The molecular weight excluding hydrogens is 367 g/mol. The molecule has 0 unspecified atom stereocenters. The zero-order valence-corrected chi connectivity index (χ0v) is 13.4. The topological polar surface area (TPSA) is 61.8 Å². The first-order valence-electron chi connectivity index (χ1n) is 7.14. The molecule has 1 aliphatic heterocycles. The molecule has 2 rings (SSSR count). The van der Waals surface area contributed by atoms with Gasteiger partial charge in [0.15, 0.2) is 0 Å². The third kappa shape index (κ3) is 4.11. The predicted octanol–water partition coefficient (Wildman–Crippen LogP) is 2.75. The molecule has 1 heterocycles. The second-order valence-corrected chi connectivity index (χ2v) is 5.51. The van der Waals surface area contributed by atoms with E-state index in [4.69, 9.17) is 9.47 Å². The van der Waals surface area contributed by atoms with Gasteiger partial charge in [-0.2, -0.15) is 8.78 Å². The zero-order chi connectivity index (χ0) is 19.6. The highest BCUT2D eigenvalue weighted by Gasteiger charge is 2.40. The molecule has 0 aliphatic carbocycles. The van der Waals surface area contributed by atoms with Gasteiger partial charge in [-0.3, -0.25) is 4.79 Å². The number of hydrogen-bond donors (Lipinski definition) is 0. The minimum absolute atomic E-state index is 0.220. The number of rotatable bonds is 3. The average Bonchev–Trinajstić information content (AvgIpc) is 2.84. The molecule has 26 heavy (non-hydrogen) atoms. The summed E-state index contributed by atoms with van der Waals surface area (Å²) in [6, 6.07) is 0. The minimum atomic E-state index is -2.36. The number of esters is 2. The van der Waals surface area contributed by atoms with Crippen LogP contribution in [0, 0.1) is 40.9 Å². The average molecular weight is 378 g/mol. The van der Waals surface area contributed by atoms with Gasteiger partial charge in [0.25, 0.3) is 0 Å². The molecule has 1 aromatic carbocycles. The quantitative estimate of drug-likeness (QED) is 0.202. The summed E-state index contributed by atoms with van der Waals surface area (Å²) >= 11 is 0. The fraction of sp³-hybridized carbons (Fsp3) is 0.375. The van der Waals surface area contributed by atoms with Crippen molar-refractivity contribution in [2.45, 2.75) is 38.6 Å². The molecule has 140 valence electrons. The molecule has 10 heteroatoms. The lowest BCUT2D eigenvalue weighted by Gasteiger charge is -2.13. The van der Waals surface area contributed by atoms with Crippen molar-refractivity contribution in [3.63, 3.8) is 0 Å². The molecule has 1 aliphatic rings. The fourth-order valence-corrected chi connectivity index (χ4v) is 1.91. The molecule has 1 aromatic rings. The van der Waals surface area contributed by atoms with Crippen LogP contribution in [0.5, 0.6) is 5.75 Å². The van der Waals surface area contributed by atoms with Crippen LogP contribution >= 0.6 is 0 Å². The molecule has 0 radical (unpaired) electrons. The Morgan fingerprint density at radius 1 is 1.08 bits per heavy atom. The number of carbonyl (C=O) groups excluding carboxylic acids is 2. The summed E-state index contributed by atoms with van der Waals surface area (Å²) in [7, 11) is 0. The van der Waals surface area contributed by atoms with Crippen LogP contribution in [-0.4, -0.2) is 23.8 Å². The Morgan fingerprint density at radius 2 is 1.62 bits per heavy atom.